The summed E-state index contributed by atoms with van der Waals surface area (Å²) in [6.45, 7) is 0. The van der Waals surface area contributed by atoms with Crippen molar-refractivity contribution in [3.8, 4) is 112 Å². The number of benzene rings is 18. The standard InChI is InChI=1S/2C54H36N2/c1-4-16-37(17-5-1)41-34-47(38-18-6-2-7-19-38)54(48(35-41)39-20-8-3-9-21-39)40-28-30-42(31-29-40)55-52-27-15-12-24-46(52)49-36-43(32-33-53(49)55)56-50-25-13-10-22-44(50)45-23-11-14-26-51(45)56;1-3-13-37(14-4-1)42-33-43(38-15-5-2-6-16-38)35-44(34-42)41-25-23-39(24-26-41)40-27-29-45(30-28-40)55-53-22-12-9-19-49(53)50-36-46(31-32-54(50)55)56-51-20-10-7-17-47(51)48-18-8-11-21-52(48)56/h2*1-36H. The molecule has 0 aliphatic heterocycles. The van der Waals surface area contributed by atoms with Crippen molar-refractivity contribution in [2.45, 2.75) is 0 Å². The lowest BCUT2D eigenvalue weighted by atomic mass is 9.84. The molecule has 0 atom stereocenters. The van der Waals surface area contributed by atoms with E-state index in [1.807, 2.05) is 0 Å². The Hall–Kier alpha value is -14.8. The molecule has 0 saturated carbocycles. The van der Waals surface area contributed by atoms with Crippen LogP contribution < -0.4 is 0 Å². The first-order valence-electron chi connectivity index (χ1n) is 38.5. The van der Waals surface area contributed by atoms with Crippen LogP contribution in [0, 0.1) is 0 Å². The highest BCUT2D eigenvalue weighted by molar-refractivity contribution is 6.14. The van der Waals surface area contributed by atoms with Gasteiger partial charge < -0.3 is 18.3 Å². The zero-order chi connectivity index (χ0) is 74.0. The summed E-state index contributed by atoms with van der Waals surface area (Å²) in [6.07, 6.45) is 0. The minimum absolute atomic E-state index is 1.13. The van der Waals surface area contributed by atoms with Crippen LogP contribution in [0.3, 0.4) is 0 Å². The Balaban J connectivity index is 0.000000141. The molecule has 0 radical (unpaired) electrons. The lowest BCUT2D eigenvalue weighted by Crippen LogP contribution is -1.96. The summed E-state index contributed by atoms with van der Waals surface area (Å²) in [7, 11) is 0. The van der Waals surface area contributed by atoms with E-state index in [0.29, 0.717) is 0 Å². The molecule has 22 rings (SSSR count). The van der Waals surface area contributed by atoms with Crippen LogP contribution in [0.1, 0.15) is 0 Å². The SMILES string of the molecule is c1ccc(-c2cc(-c3ccccc3)c(-c3ccc(-n4c5ccccc5c5cc(-n6c7ccccc7c7ccccc76)ccc54)cc3)c(-c3ccccc3)c2)cc1.c1ccc(-c2cc(-c3ccccc3)cc(-c3ccc(-c4ccc(-n5c6ccccc6c6cc(-n7c8ccccc8c8ccccc87)ccc65)cc4)cc3)c2)cc1. The number of aromatic nitrogens is 4. The molecular formula is C108H72N4. The molecule has 0 aliphatic rings. The predicted octanol–water partition coefficient (Wildman–Crippen LogP) is 29.1. The monoisotopic (exact) mass is 1420 g/mol. The third-order valence-electron chi connectivity index (χ3n) is 22.6. The second-order valence-electron chi connectivity index (χ2n) is 29.1. The van der Waals surface area contributed by atoms with Gasteiger partial charge in [-0.2, -0.15) is 0 Å². The van der Waals surface area contributed by atoms with Crippen LogP contribution in [0.4, 0.5) is 0 Å². The highest BCUT2D eigenvalue weighted by Gasteiger charge is 2.22. The van der Waals surface area contributed by atoms with Crippen molar-refractivity contribution in [2.24, 2.45) is 0 Å². The van der Waals surface area contributed by atoms with E-state index in [1.165, 1.54) is 182 Å². The van der Waals surface area contributed by atoms with Crippen molar-refractivity contribution in [2.75, 3.05) is 0 Å². The second kappa shape index (κ2) is 27.7. The molecular weight excluding hydrogens is 1350 g/mol. The maximum Gasteiger partial charge on any atom is 0.0542 e. The Labute approximate surface area is 649 Å². The first-order chi connectivity index (χ1) is 55.6. The third-order valence-corrected chi connectivity index (χ3v) is 22.6. The average molecular weight is 1430 g/mol. The van der Waals surface area contributed by atoms with Gasteiger partial charge in [-0.1, -0.05) is 309 Å². The summed E-state index contributed by atoms with van der Waals surface area (Å²) >= 11 is 0. The Morgan fingerprint density at radius 1 is 0.116 bits per heavy atom. The van der Waals surface area contributed by atoms with Crippen molar-refractivity contribution in [1.82, 2.24) is 18.3 Å². The van der Waals surface area contributed by atoms with Crippen molar-refractivity contribution in [3.05, 3.63) is 437 Å². The molecule has 0 unspecified atom stereocenters. The van der Waals surface area contributed by atoms with Gasteiger partial charge in [0, 0.05) is 65.8 Å². The molecule has 4 heterocycles. The van der Waals surface area contributed by atoms with E-state index >= 15 is 0 Å². The van der Waals surface area contributed by atoms with Crippen LogP contribution >= 0.6 is 0 Å². The van der Waals surface area contributed by atoms with Crippen LogP contribution in [0.15, 0.2) is 437 Å². The Bertz CT molecular complexity index is 7070. The Kier molecular flexibility index (Phi) is 16.2. The first kappa shape index (κ1) is 65.5. The predicted molar refractivity (Wildman–Crippen MR) is 474 cm³/mol. The summed E-state index contributed by atoms with van der Waals surface area (Å²) < 4.78 is 9.62. The molecule has 0 fully saturated rings. The van der Waals surface area contributed by atoms with Gasteiger partial charge in [-0.3, -0.25) is 0 Å². The van der Waals surface area contributed by atoms with Gasteiger partial charge in [0.15, 0.2) is 0 Å². The number of para-hydroxylation sites is 6. The zero-order valence-electron chi connectivity index (χ0n) is 61.4. The van der Waals surface area contributed by atoms with Crippen LogP contribution in [0.2, 0.25) is 0 Å². The van der Waals surface area contributed by atoms with Crippen molar-refractivity contribution in [1.29, 1.82) is 0 Å². The number of rotatable bonds is 12. The number of fused-ring (bicyclic) bond motifs is 12. The molecule has 0 N–H and O–H groups in total. The Morgan fingerprint density at radius 2 is 0.321 bits per heavy atom. The lowest BCUT2D eigenvalue weighted by molar-refractivity contribution is 1.17. The van der Waals surface area contributed by atoms with Gasteiger partial charge in [0.1, 0.15) is 0 Å². The fraction of sp³-hybridized carbons (Fsp3) is 0. The molecule has 0 saturated heterocycles. The van der Waals surface area contributed by atoms with E-state index in [4.69, 9.17) is 0 Å². The van der Waals surface area contributed by atoms with E-state index in [1.54, 1.807) is 0 Å². The molecule has 4 heteroatoms. The molecule has 0 aliphatic carbocycles. The fourth-order valence-electron chi connectivity index (χ4n) is 17.4. The molecule has 22 aromatic rings. The van der Waals surface area contributed by atoms with Crippen molar-refractivity contribution in [3.63, 3.8) is 0 Å². The van der Waals surface area contributed by atoms with Gasteiger partial charge in [-0.25, -0.2) is 0 Å². The first-order valence-corrected chi connectivity index (χ1v) is 38.5. The maximum absolute atomic E-state index is 2.42. The van der Waals surface area contributed by atoms with Gasteiger partial charge in [-0.15, -0.1) is 0 Å². The summed E-state index contributed by atoms with van der Waals surface area (Å²) in [5.74, 6) is 0. The minimum Gasteiger partial charge on any atom is -0.309 e. The maximum atomic E-state index is 2.42. The van der Waals surface area contributed by atoms with E-state index in [2.05, 4.69) is 455 Å². The highest BCUT2D eigenvalue weighted by atomic mass is 15.0. The molecule has 0 bridgehead atoms. The van der Waals surface area contributed by atoms with E-state index in [9.17, 15) is 0 Å². The van der Waals surface area contributed by atoms with Crippen molar-refractivity contribution >= 4 is 87.2 Å². The number of nitrogens with zero attached hydrogens (tertiary/aromatic N) is 4. The molecule has 524 valence electrons. The zero-order valence-corrected chi connectivity index (χ0v) is 61.4. The number of hydrogen-bond donors (Lipinski definition) is 0. The molecule has 4 aromatic heterocycles. The molecule has 0 spiro atoms. The molecule has 4 nitrogen and oxygen atoms in total. The van der Waals surface area contributed by atoms with Gasteiger partial charge in [0.2, 0.25) is 0 Å². The van der Waals surface area contributed by atoms with Gasteiger partial charge in [0.25, 0.3) is 0 Å². The van der Waals surface area contributed by atoms with Gasteiger partial charge >= 0.3 is 0 Å². The quantitative estimate of drug-likeness (QED) is 0.116. The summed E-state index contributed by atoms with van der Waals surface area (Å²) in [5.41, 5.74) is 33.6. The summed E-state index contributed by atoms with van der Waals surface area (Å²) in [5, 5.41) is 10.0. The Morgan fingerprint density at radius 3 is 0.634 bits per heavy atom. The van der Waals surface area contributed by atoms with Gasteiger partial charge in [0.05, 0.1) is 44.1 Å². The third kappa shape index (κ3) is 11.5. The van der Waals surface area contributed by atoms with E-state index in [0.717, 1.165) is 17.1 Å². The largest absolute Gasteiger partial charge is 0.309 e. The summed E-state index contributed by atoms with van der Waals surface area (Å²) in [4.78, 5) is 0. The molecule has 0 amide bonds. The van der Waals surface area contributed by atoms with Crippen molar-refractivity contribution < 1.29 is 0 Å². The van der Waals surface area contributed by atoms with Crippen LogP contribution in [0.25, 0.3) is 199 Å². The van der Waals surface area contributed by atoms with E-state index < -0.39 is 0 Å². The molecule has 112 heavy (non-hydrogen) atoms. The highest BCUT2D eigenvalue weighted by Crippen LogP contribution is 2.46. The normalized spacial score (nSPS) is 11.6. The van der Waals surface area contributed by atoms with Crippen LogP contribution in [-0.4, -0.2) is 18.3 Å². The fourth-order valence-corrected chi connectivity index (χ4v) is 17.4. The second-order valence-corrected chi connectivity index (χ2v) is 29.1. The average Bonchev–Trinajstić information content (AvgIpc) is 1.54. The smallest absolute Gasteiger partial charge is 0.0542 e. The molecule has 18 aromatic carbocycles. The number of hydrogen-bond acceptors (Lipinski definition) is 0. The summed E-state index contributed by atoms with van der Waals surface area (Å²) in [6, 6.07) is 159. The van der Waals surface area contributed by atoms with Crippen LogP contribution in [-0.2, 0) is 0 Å². The van der Waals surface area contributed by atoms with Gasteiger partial charge in [-0.05, 0) is 216 Å². The topological polar surface area (TPSA) is 19.7 Å². The van der Waals surface area contributed by atoms with Crippen LogP contribution in [0.5, 0.6) is 0 Å². The minimum atomic E-state index is 1.13. The van der Waals surface area contributed by atoms with E-state index in [-0.39, 0.29) is 0 Å². The lowest BCUT2D eigenvalue weighted by Gasteiger charge is -2.19.